The molecule has 1 saturated carbocycles. The number of amidine groups is 1. The molecule has 1 aromatic heterocycles. The lowest BCUT2D eigenvalue weighted by atomic mass is 9.94. The van der Waals surface area contributed by atoms with Gasteiger partial charge in [-0.25, -0.2) is 4.99 Å². The number of ether oxygens (including phenoxy) is 1. The van der Waals surface area contributed by atoms with Gasteiger partial charge in [-0.15, -0.1) is 0 Å². The number of carbonyl (C=O) groups excluding carboxylic acids is 1. The topological polar surface area (TPSA) is 46.8 Å². The summed E-state index contributed by atoms with van der Waals surface area (Å²) in [5.74, 6) is 0.920. The fourth-order valence-corrected chi connectivity index (χ4v) is 5.34. The second kappa shape index (κ2) is 9.35. The van der Waals surface area contributed by atoms with Crippen molar-refractivity contribution >= 4 is 34.6 Å². The number of thioether (sulfide) groups is 1. The highest BCUT2D eigenvalue weighted by Gasteiger charge is 2.38. The first kappa shape index (κ1) is 21.8. The van der Waals surface area contributed by atoms with Crippen LogP contribution in [0.1, 0.15) is 56.0 Å². The Hall–Kier alpha value is -2.47. The maximum Gasteiger partial charge on any atom is 0.267 e. The van der Waals surface area contributed by atoms with Crippen LogP contribution in [0.15, 0.2) is 40.2 Å². The third-order valence-electron chi connectivity index (χ3n) is 6.25. The van der Waals surface area contributed by atoms with Crippen LogP contribution in [0.3, 0.4) is 0 Å². The monoisotopic (exact) mass is 437 g/mol. The molecule has 0 N–H and O–H groups in total. The summed E-state index contributed by atoms with van der Waals surface area (Å²) < 4.78 is 7.70. The van der Waals surface area contributed by atoms with Crippen LogP contribution in [-0.4, -0.2) is 33.2 Å². The van der Waals surface area contributed by atoms with Crippen molar-refractivity contribution in [1.29, 1.82) is 0 Å². The Labute approximate surface area is 189 Å². The van der Waals surface area contributed by atoms with Crippen LogP contribution in [0.4, 0.5) is 5.69 Å². The van der Waals surface area contributed by atoms with Crippen molar-refractivity contribution in [2.75, 3.05) is 6.61 Å². The average molecular weight is 438 g/mol. The van der Waals surface area contributed by atoms with Crippen molar-refractivity contribution in [1.82, 2.24) is 9.47 Å². The Kier molecular flexibility index (Phi) is 6.56. The molecule has 5 nitrogen and oxygen atoms in total. The van der Waals surface area contributed by atoms with E-state index in [4.69, 9.17) is 9.73 Å². The Bertz CT molecular complexity index is 1010. The molecule has 31 heavy (non-hydrogen) atoms. The van der Waals surface area contributed by atoms with Crippen LogP contribution in [0.2, 0.25) is 0 Å². The Morgan fingerprint density at radius 3 is 2.48 bits per heavy atom. The Morgan fingerprint density at radius 1 is 1.16 bits per heavy atom. The fraction of sp³-hybridized carbons (Fsp3) is 0.440. The lowest BCUT2D eigenvalue weighted by molar-refractivity contribution is -0.124. The molecule has 164 valence electrons. The highest BCUT2D eigenvalue weighted by molar-refractivity contribution is 8.18. The van der Waals surface area contributed by atoms with E-state index in [1.807, 2.05) is 42.2 Å². The zero-order valence-corrected chi connectivity index (χ0v) is 19.7. The lowest BCUT2D eigenvalue weighted by Crippen LogP contribution is -2.40. The zero-order valence-electron chi connectivity index (χ0n) is 18.9. The van der Waals surface area contributed by atoms with Crippen LogP contribution >= 0.6 is 11.8 Å². The summed E-state index contributed by atoms with van der Waals surface area (Å²) in [5, 5.41) is 0.789. The van der Waals surface area contributed by atoms with Crippen molar-refractivity contribution in [3.05, 3.63) is 52.2 Å². The number of benzene rings is 1. The van der Waals surface area contributed by atoms with Gasteiger partial charge in [0.15, 0.2) is 5.17 Å². The summed E-state index contributed by atoms with van der Waals surface area (Å²) in [6.07, 6.45) is 7.72. The van der Waals surface area contributed by atoms with Crippen molar-refractivity contribution in [3.8, 4) is 5.75 Å². The van der Waals surface area contributed by atoms with Gasteiger partial charge in [-0.05, 0) is 87.3 Å². The summed E-state index contributed by atoms with van der Waals surface area (Å²) in [7, 11) is 2.06. The zero-order chi connectivity index (χ0) is 22.0. The van der Waals surface area contributed by atoms with Crippen LogP contribution in [0, 0.1) is 13.8 Å². The summed E-state index contributed by atoms with van der Waals surface area (Å²) >= 11 is 1.50. The molecule has 2 aliphatic rings. The molecule has 0 bridgehead atoms. The van der Waals surface area contributed by atoms with E-state index in [1.54, 1.807) is 0 Å². The maximum atomic E-state index is 13.5. The molecule has 1 aromatic carbocycles. The van der Waals surface area contributed by atoms with Gasteiger partial charge in [0.1, 0.15) is 5.75 Å². The van der Waals surface area contributed by atoms with E-state index < -0.39 is 0 Å². The summed E-state index contributed by atoms with van der Waals surface area (Å²) in [5.41, 5.74) is 4.29. The van der Waals surface area contributed by atoms with E-state index in [0.29, 0.717) is 6.61 Å². The molecule has 0 radical (unpaired) electrons. The summed E-state index contributed by atoms with van der Waals surface area (Å²) in [6.45, 7) is 6.80. The fourth-order valence-electron chi connectivity index (χ4n) is 4.29. The third-order valence-corrected chi connectivity index (χ3v) is 7.23. The van der Waals surface area contributed by atoms with Gasteiger partial charge >= 0.3 is 0 Å². The van der Waals surface area contributed by atoms with Gasteiger partial charge in [0.2, 0.25) is 0 Å². The van der Waals surface area contributed by atoms with Crippen LogP contribution in [-0.2, 0) is 11.8 Å². The van der Waals surface area contributed by atoms with E-state index in [-0.39, 0.29) is 11.9 Å². The summed E-state index contributed by atoms with van der Waals surface area (Å²) in [6, 6.07) is 10.1. The largest absolute Gasteiger partial charge is 0.494 e. The third kappa shape index (κ3) is 4.59. The van der Waals surface area contributed by atoms with Crippen molar-refractivity contribution in [2.24, 2.45) is 12.0 Å². The second-order valence-corrected chi connectivity index (χ2v) is 9.29. The first-order valence-electron chi connectivity index (χ1n) is 11.2. The minimum atomic E-state index is 0.0856. The number of aryl methyl sites for hydroxylation is 1. The Balaban J connectivity index is 1.68. The molecular weight excluding hydrogens is 406 g/mol. The first-order valence-corrected chi connectivity index (χ1v) is 12.0. The van der Waals surface area contributed by atoms with Crippen LogP contribution < -0.4 is 4.74 Å². The molecule has 2 fully saturated rings. The number of amides is 1. The summed E-state index contributed by atoms with van der Waals surface area (Å²) in [4.78, 5) is 21.1. The molecule has 1 saturated heterocycles. The lowest BCUT2D eigenvalue weighted by Gasteiger charge is -2.30. The molecule has 2 heterocycles. The van der Waals surface area contributed by atoms with Gasteiger partial charge in [-0.1, -0.05) is 19.3 Å². The van der Waals surface area contributed by atoms with Crippen molar-refractivity contribution in [2.45, 2.75) is 58.9 Å². The van der Waals surface area contributed by atoms with E-state index >= 15 is 0 Å². The van der Waals surface area contributed by atoms with E-state index in [0.717, 1.165) is 39.9 Å². The van der Waals surface area contributed by atoms with E-state index in [9.17, 15) is 4.79 Å². The molecule has 6 heteroatoms. The van der Waals surface area contributed by atoms with Crippen molar-refractivity contribution < 1.29 is 9.53 Å². The number of hydrogen-bond donors (Lipinski definition) is 0. The number of hydrogen-bond acceptors (Lipinski definition) is 4. The van der Waals surface area contributed by atoms with Crippen molar-refractivity contribution in [3.63, 3.8) is 0 Å². The van der Waals surface area contributed by atoms with Gasteiger partial charge in [0, 0.05) is 24.5 Å². The molecule has 1 aliphatic carbocycles. The number of rotatable bonds is 5. The van der Waals surface area contributed by atoms with Gasteiger partial charge < -0.3 is 9.30 Å². The molecule has 0 unspecified atom stereocenters. The van der Waals surface area contributed by atoms with Gasteiger partial charge in [-0.2, -0.15) is 0 Å². The maximum absolute atomic E-state index is 13.5. The number of carbonyl (C=O) groups is 1. The minimum Gasteiger partial charge on any atom is -0.494 e. The highest BCUT2D eigenvalue weighted by atomic mass is 32.2. The predicted octanol–water partition coefficient (Wildman–Crippen LogP) is 5.98. The minimum absolute atomic E-state index is 0.0856. The van der Waals surface area contributed by atoms with E-state index in [1.165, 1.54) is 42.4 Å². The Morgan fingerprint density at radius 2 is 1.87 bits per heavy atom. The number of aromatic nitrogens is 1. The van der Waals surface area contributed by atoms with Crippen LogP contribution in [0.25, 0.3) is 6.08 Å². The molecule has 0 atom stereocenters. The molecule has 1 amide bonds. The molecule has 2 aromatic rings. The number of aliphatic imine (C=N–C) groups is 1. The van der Waals surface area contributed by atoms with Gasteiger partial charge in [0.25, 0.3) is 5.91 Å². The average Bonchev–Trinajstić information content (AvgIpc) is 3.21. The highest BCUT2D eigenvalue weighted by Crippen LogP contribution is 2.39. The van der Waals surface area contributed by atoms with Crippen LogP contribution in [0.5, 0.6) is 5.75 Å². The molecular formula is C25H31N3O2S. The van der Waals surface area contributed by atoms with E-state index in [2.05, 4.69) is 31.5 Å². The SMILES string of the molecule is CCOc1ccc(N=C2S/C(=C/c3cc(C)n(C)c3C)C(=O)N2C2CCCCC2)cc1. The molecule has 4 rings (SSSR count). The molecule has 1 aliphatic heterocycles. The first-order chi connectivity index (χ1) is 15.0. The normalized spacial score (nSPS) is 20.3. The number of nitrogens with zero attached hydrogens (tertiary/aromatic N) is 3. The predicted molar refractivity (Wildman–Crippen MR) is 129 cm³/mol. The quantitative estimate of drug-likeness (QED) is 0.541. The standard InChI is InChI=1S/C25H31N3O2S/c1-5-30-22-13-11-20(12-14-22)26-25-28(21-9-7-6-8-10-21)24(29)23(31-25)16-19-15-17(2)27(4)18(19)3/h11-16,21H,5-10H2,1-4H3/b23-16+,26-25?. The molecule has 0 spiro atoms. The smallest absolute Gasteiger partial charge is 0.267 e. The van der Waals surface area contributed by atoms with Gasteiger partial charge in [0.05, 0.1) is 17.2 Å². The van der Waals surface area contributed by atoms with Gasteiger partial charge in [-0.3, -0.25) is 9.69 Å². The second-order valence-electron chi connectivity index (χ2n) is 8.28.